The van der Waals surface area contributed by atoms with Crippen molar-refractivity contribution in [2.24, 2.45) is 0 Å². The summed E-state index contributed by atoms with van der Waals surface area (Å²) in [5.41, 5.74) is 0.847. The number of pyridine rings is 1. The number of carboxylic acids is 1. The molecule has 2 aromatic rings. The first-order chi connectivity index (χ1) is 19.7. The lowest BCUT2D eigenvalue weighted by atomic mass is 10.2. The van der Waals surface area contributed by atoms with Crippen LogP contribution >= 0.6 is 0 Å². The highest BCUT2D eigenvalue weighted by molar-refractivity contribution is 7.89. The van der Waals surface area contributed by atoms with E-state index in [0.29, 0.717) is 31.6 Å². The number of carboxylic acid groups (broad SMARTS) is 1. The molecule has 3 atom stereocenters. The number of carbonyl (C=O) groups excluding carboxylic acids is 2. The lowest BCUT2D eigenvalue weighted by Crippen LogP contribution is -2.49. The number of aliphatic carboxylic acids is 1. The molecule has 1 aliphatic heterocycles. The average molecular weight is 592 g/mol. The highest BCUT2D eigenvalue weighted by atomic mass is 32.2. The number of nitrogens with zero attached hydrogens (tertiary/aromatic N) is 2. The van der Waals surface area contributed by atoms with Crippen molar-refractivity contribution in [2.75, 3.05) is 37.3 Å². The van der Waals surface area contributed by atoms with Crippen LogP contribution in [0.15, 0.2) is 54.7 Å². The van der Waals surface area contributed by atoms with Gasteiger partial charge in [-0.2, -0.15) is 4.72 Å². The number of likely N-dealkylation sites (tertiary alicyclic amines) is 1. The monoisotopic (exact) mass is 591 g/mol. The van der Waals surface area contributed by atoms with Crippen LogP contribution in [-0.4, -0.2) is 91.6 Å². The van der Waals surface area contributed by atoms with Crippen LogP contribution in [0.25, 0.3) is 0 Å². The number of unbranched alkanes of at least 4 members (excludes halogenated alkanes) is 1. The van der Waals surface area contributed by atoms with E-state index in [0.717, 1.165) is 5.56 Å². The molecule has 14 heteroatoms. The fraction of sp³-hybridized carbons (Fsp3) is 0.481. The molecule has 1 aliphatic rings. The molecule has 1 saturated heterocycles. The molecule has 2 heterocycles. The number of hydrogen-bond donors (Lipinski definition) is 4. The standard InChI is InChI=1S/C27H37N5O8S/c1-2-3-13-41(37,38)31-23(26(34)35)16-30-25(33)19-39-22-14-21(15-29-24-11-7-8-12-28-24)32(17-22)27(36)40-18-20-9-5-4-6-10-20/h4-12,21-23,31H,2-3,13-19H2,1H3,(H,28,29)(H,30,33)(H,34,35)/t21-,22+,23?/m0/s1. The number of hydrogen-bond acceptors (Lipinski definition) is 9. The number of nitrogens with one attached hydrogen (secondary N) is 3. The molecule has 1 fully saturated rings. The predicted molar refractivity (Wildman–Crippen MR) is 150 cm³/mol. The first kappa shape index (κ1) is 31.8. The van der Waals surface area contributed by atoms with Crippen molar-refractivity contribution < 1.29 is 37.4 Å². The molecule has 4 N–H and O–H groups in total. The van der Waals surface area contributed by atoms with Gasteiger partial charge in [0.2, 0.25) is 15.9 Å². The molecular formula is C27H37N5O8S. The summed E-state index contributed by atoms with van der Waals surface area (Å²) < 4.78 is 37.5. The summed E-state index contributed by atoms with van der Waals surface area (Å²) in [7, 11) is -3.80. The minimum Gasteiger partial charge on any atom is -0.480 e. The van der Waals surface area contributed by atoms with E-state index in [2.05, 4.69) is 20.3 Å². The van der Waals surface area contributed by atoms with E-state index < -0.39 is 53.3 Å². The van der Waals surface area contributed by atoms with Gasteiger partial charge in [-0.25, -0.2) is 18.2 Å². The SMILES string of the molecule is CCCCS(=O)(=O)NC(CNC(=O)CO[C@@H]1C[C@@H](CNc2ccccn2)N(C(=O)OCc2ccccc2)C1)C(=O)O. The number of rotatable bonds is 16. The smallest absolute Gasteiger partial charge is 0.410 e. The largest absolute Gasteiger partial charge is 0.480 e. The Morgan fingerprint density at radius 3 is 2.59 bits per heavy atom. The van der Waals surface area contributed by atoms with Crippen molar-refractivity contribution in [1.82, 2.24) is 19.9 Å². The fourth-order valence-electron chi connectivity index (χ4n) is 4.15. The van der Waals surface area contributed by atoms with Gasteiger partial charge in [-0.15, -0.1) is 0 Å². The molecule has 0 bridgehead atoms. The molecule has 3 rings (SSSR count). The minimum atomic E-state index is -3.80. The van der Waals surface area contributed by atoms with Crippen LogP contribution in [0, 0.1) is 0 Å². The van der Waals surface area contributed by atoms with Crippen LogP contribution in [-0.2, 0) is 35.7 Å². The summed E-state index contributed by atoms with van der Waals surface area (Å²) in [6, 6.07) is 12.9. The zero-order valence-corrected chi connectivity index (χ0v) is 23.7. The van der Waals surface area contributed by atoms with E-state index in [1.54, 1.807) is 23.2 Å². The molecule has 0 spiro atoms. The van der Waals surface area contributed by atoms with Crippen molar-refractivity contribution in [1.29, 1.82) is 0 Å². The summed E-state index contributed by atoms with van der Waals surface area (Å²) in [4.78, 5) is 42.6. The van der Waals surface area contributed by atoms with Crippen LogP contribution in [0.2, 0.25) is 0 Å². The zero-order chi connectivity index (χ0) is 29.7. The molecule has 1 aromatic carbocycles. The lowest BCUT2D eigenvalue weighted by molar-refractivity contribution is -0.139. The molecule has 0 saturated carbocycles. The molecule has 13 nitrogen and oxygen atoms in total. The number of sulfonamides is 1. The van der Waals surface area contributed by atoms with Crippen molar-refractivity contribution in [2.45, 2.75) is 51.0 Å². The summed E-state index contributed by atoms with van der Waals surface area (Å²) >= 11 is 0. The summed E-state index contributed by atoms with van der Waals surface area (Å²) in [6.45, 7) is 1.65. The van der Waals surface area contributed by atoms with Crippen molar-refractivity contribution >= 4 is 33.8 Å². The van der Waals surface area contributed by atoms with Crippen LogP contribution in [0.1, 0.15) is 31.7 Å². The number of benzene rings is 1. The molecule has 1 unspecified atom stereocenters. The number of anilines is 1. The van der Waals surface area contributed by atoms with Gasteiger partial charge in [0, 0.05) is 19.3 Å². The van der Waals surface area contributed by atoms with Crippen LogP contribution in [0.5, 0.6) is 0 Å². The quantitative estimate of drug-likeness (QED) is 0.224. The second kappa shape index (κ2) is 15.9. The van der Waals surface area contributed by atoms with E-state index in [1.165, 1.54) is 0 Å². The number of aromatic nitrogens is 1. The Hall–Kier alpha value is -3.75. The van der Waals surface area contributed by atoms with Gasteiger partial charge < -0.3 is 30.1 Å². The molecule has 0 aliphatic carbocycles. The van der Waals surface area contributed by atoms with Gasteiger partial charge in [0.05, 0.1) is 24.4 Å². The van der Waals surface area contributed by atoms with E-state index in [1.807, 2.05) is 43.3 Å². The van der Waals surface area contributed by atoms with Gasteiger partial charge in [-0.05, 0) is 30.5 Å². The number of amides is 2. The third-order valence-corrected chi connectivity index (χ3v) is 7.81. The van der Waals surface area contributed by atoms with Gasteiger partial charge in [-0.1, -0.05) is 49.7 Å². The van der Waals surface area contributed by atoms with Crippen LogP contribution in [0.3, 0.4) is 0 Å². The second-order valence-electron chi connectivity index (χ2n) is 9.60. The van der Waals surface area contributed by atoms with E-state index in [9.17, 15) is 27.9 Å². The van der Waals surface area contributed by atoms with Crippen molar-refractivity contribution in [3.8, 4) is 0 Å². The van der Waals surface area contributed by atoms with Crippen LogP contribution < -0.4 is 15.4 Å². The first-order valence-corrected chi connectivity index (χ1v) is 15.1. The summed E-state index contributed by atoms with van der Waals surface area (Å²) in [5.74, 6) is -1.58. The Morgan fingerprint density at radius 1 is 1.15 bits per heavy atom. The molecule has 1 aromatic heterocycles. The third-order valence-electron chi connectivity index (χ3n) is 6.34. The Morgan fingerprint density at radius 2 is 1.90 bits per heavy atom. The second-order valence-corrected chi connectivity index (χ2v) is 11.5. The Bertz CT molecular complexity index is 1230. The highest BCUT2D eigenvalue weighted by Gasteiger charge is 2.37. The minimum absolute atomic E-state index is 0.109. The van der Waals surface area contributed by atoms with Gasteiger partial charge in [0.15, 0.2) is 0 Å². The summed E-state index contributed by atoms with van der Waals surface area (Å²) in [6.07, 6.45) is 2.09. The topological polar surface area (TPSA) is 176 Å². The fourth-order valence-corrected chi connectivity index (χ4v) is 5.56. The number of carbonyl (C=O) groups is 3. The van der Waals surface area contributed by atoms with Crippen molar-refractivity contribution in [3.63, 3.8) is 0 Å². The van der Waals surface area contributed by atoms with Crippen LogP contribution in [0.4, 0.5) is 10.6 Å². The first-order valence-electron chi connectivity index (χ1n) is 13.4. The van der Waals surface area contributed by atoms with E-state index in [4.69, 9.17) is 9.47 Å². The highest BCUT2D eigenvalue weighted by Crippen LogP contribution is 2.22. The average Bonchev–Trinajstić information content (AvgIpc) is 3.39. The molecule has 0 radical (unpaired) electrons. The van der Waals surface area contributed by atoms with E-state index >= 15 is 0 Å². The van der Waals surface area contributed by atoms with Gasteiger partial charge in [0.25, 0.3) is 0 Å². The molecular weight excluding hydrogens is 554 g/mol. The van der Waals surface area contributed by atoms with E-state index in [-0.39, 0.29) is 24.9 Å². The van der Waals surface area contributed by atoms with Gasteiger partial charge in [-0.3, -0.25) is 9.59 Å². The lowest BCUT2D eigenvalue weighted by Gasteiger charge is -2.24. The van der Waals surface area contributed by atoms with Crippen molar-refractivity contribution in [3.05, 3.63) is 60.3 Å². The zero-order valence-electron chi connectivity index (χ0n) is 22.9. The Labute approximate surface area is 239 Å². The van der Waals surface area contributed by atoms with Gasteiger partial charge >= 0.3 is 12.1 Å². The Balaban J connectivity index is 1.53. The maximum atomic E-state index is 13.0. The number of ether oxygens (including phenoxy) is 2. The Kier molecular flexibility index (Phi) is 12.3. The van der Waals surface area contributed by atoms with Gasteiger partial charge in [0.1, 0.15) is 25.1 Å². The maximum Gasteiger partial charge on any atom is 0.410 e. The molecule has 2 amide bonds. The maximum absolute atomic E-state index is 13.0. The molecule has 41 heavy (non-hydrogen) atoms. The third kappa shape index (κ3) is 11.0. The predicted octanol–water partition coefficient (Wildman–Crippen LogP) is 1.58. The molecule has 224 valence electrons. The normalized spacial score (nSPS) is 17.5. The summed E-state index contributed by atoms with van der Waals surface area (Å²) in [5, 5.41) is 15.0.